The van der Waals surface area contributed by atoms with Crippen LogP contribution in [0.4, 0.5) is 0 Å². The number of unbranched alkanes of at least 4 members (excludes halogenated alkanes) is 44. The quantitative estimate of drug-likeness (QED) is 0.0446. The van der Waals surface area contributed by atoms with Crippen LogP contribution >= 0.6 is 0 Å². The molecule has 69 heavy (non-hydrogen) atoms. The molecule has 408 valence electrons. The largest absolute Gasteiger partial charge is 2.00 e. The molecule has 0 aromatic rings. The molecule has 0 fully saturated rings. The molecule has 0 aromatic heterocycles. The van der Waals surface area contributed by atoms with E-state index in [2.05, 4.69) is 37.5 Å². The summed E-state index contributed by atoms with van der Waals surface area (Å²) >= 11 is 0. The van der Waals surface area contributed by atoms with E-state index in [-0.39, 0.29) is 50.6 Å². The van der Waals surface area contributed by atoms with E-state index in [1.165, 1.54) is 308 Å². The van der Waals surface area contributed by atoms with Gasteiger partial charge >= 0.3 is 37.7 Å². The number of carboxylic acids is 2. The summed E-state index contributed by atoms with van der Waals surface area (Å²) in [6, 6.07) is 0. The van der Waals surface area contributed by atoms with Gasteiger partial charge in [-0.2, -0.15) is 0 Å². The average molecular weight is 1000 g/mol. The molecule has 0 atom stereocenters. The molecule has 0 unspecified atom stereocenters. The van der Waals surface area contributed by atoms with Crippen LogP contribution in [0.25, 0.3) is 0 Å². The molecule has 0 N–H and O–H groups in total. The summed E-state index contributed by atoms with van der Waals surface area (Å²) in [5.74, 6) is -1.82. The third-order valence-corrected chi connectivity index (χ3v) is 14.6. The van der Waals surface area contributed by atoms with E-state index in [4.69, 9.17) is 0 Å². The van der Waals surface area contributed by atoms with Crippen molar-refractivity contribution in [1.29, 1.82) is 0 Å². The Morgan fingerprint density at radius 1 is 0.232 bits per heavy atom. The minimum absolute atomic E-state index is 0. The van der Waals surface area contributed by atoms with Crippen molar-refractivity contribution in [2.24, 2.45) is 0 Å². The summed E-state index contributed by atoms with van der Waals surface area (Å²) in [6.45, 7) is 14.7. The number of carboxylic acid groups (broad SMARTS) is 2. The number of carbonyl (C=O) groups excluding carboxylic acids is 2. The van der Waals surface area contributed by atoms with Crippen molar-refractivity contribution >= 4 is 49.7 Å². The standard InChI is InChI=1S/2C31H63NO2.Ca/c2*1-3-5-7-9-11-13-15-17-19-21-23-25-28-32(30-27-31(33)34)29-26-24-22-20-18-16-14-12-10-8-6-4-2;/h2*3-30H2,1-2H3,(H,33,34);/q;;+2/p-2. The smallest absolute Gasteiger partial charge is 0.550 e. The Labute approximate surface area is 464 Å². The van der Waals surface area contributed by atoms with Crippen molar-refractivity contribution in [3.05, 3.63) is 0 Å². The Hall–Kier alpha value is 0.120. The van der Waals surface area contributed by atoms with Gasteiger partial charge < -0.3 is 29.6 Å². The van der Waals surface area contributed by atoms with Crippen LogP contribution in [0.3, 0.4) is 0 Å². The fraction of sp³-hybridized carbons (Fsp3) is 0.968. The van der Waals surface area contributed by atoms with E-state index in [1.54, 1.807) is 0 Å². The topological polar surface area (TPSA) is 86.7 Å². The second-order valence-electron chi connectivity index (χ2n) is 21.5. The first-order valence-electron chi connectivity index (χ1n) is 31.2. The van der Waals surface area contributed by atoms with Crippen molar-refractivity contribution in [3.63, 3.8) is 0 Å². The fourth-order valence-electron chi connectivity index (χ4n) is 9.88. The molecule has 0 radical (unpaired) electrons. The zero-order valence-electron chi connectivity index (χ0n) is 47.8. The van der Waals surface area contributed by atoms with Gasteiger partial charge in [0.05, 0.1) is 0 Å². The third kappa shape index (κ3) is 68.1. The number of hydrogen-bond acceptors (Lipinski definition) is 6. The van der Waals surface area contributed by atoms with E-state index < -0.39 is 11.9 Å². The second kappa shape index (κ2) is 66.1. The molecule has 0 aliphatic carbocycles. The zero-order valence-corrected chi connectivity index (χ0v) is 50.0. The van der Waals surface area contributed by atoms with Gasteiger partial charge in [0.15, 0.2) is 0 Å². The predicted molar refractivity (Wildman–Crippen MR) is 302 cm³/mol. The van der Waals surface area contributed by atoms with Gasteiger partial charge in [0, 0.05) is 25.0 Å². The minimum Gasteiger partial charge on any atom is -0.550 e. The van der Waals surface area contributed by atoms with E-state index >= 15 is 0 Å². The Kier molecular flexibility index (Phi) is 70.3. The van der Waals surface area contributed by atoms with Crippen LogP contribution in [0.2, 0.25) is 0 Å². The molecule has 0 bridgehead atoms. The average Bonchev–Trinajstić information content (AvgIpc) is 3.33. The first kappa shape index (κ1) is 73.4. The van der Waals surface area contributed by atoms with Crippen LogP contribution < -0.4 is 10.2 Å². The molecular weight excluding hydrogens is 877 g/mol. The number of rotatable bonds is 58. The first-order valence-corrected chi connectivity index (χ1v) is 31.2. The molecule has 0 aliphatic rings. The Balaban J connectivity index is -0.00000124. The minimum atomic E-state index is -0.908. The summed E-state index contributed by atoms with van der Waals surface area (Å²) in [5, 5.41) is 21.8. The van der Waals surface area contributed by atoms with Crippen molar-refractivity contribution in [2.75, 3.05) is 39.3 Å². The number of carbonyl (C=O) groups is 2. The molecule has 0 saturated carbocycles. The monoisotopic (exact) mass is 1000 g/mol. The fourth-order valence-corrected chi connectivity index (χ4v) is 9.88. The zero-order chi connectivity index (χ0) is 49.9. The summed E-state index contributed by atoms with van der Waals surface area (Å²) in [4.78, 5) is 26.6. The van der Waals surface area contributed by atoms with E-state index in [1.807, 2.05) is 0 Å². The summed E-state index contributed by atoms with van der Waals surface area (Å²) in [6.07, 6.45) is 66.0. The molecule has 0 aromatic carbocycles. The van der Waals surface area contributed by atoms with E-state index in [0.29, 0.717) is 13.1 Å². The van der Waals surface area contributed by atoms with Crippen LogP contribution in [0.5, 0.6) is 0 Å². The maximum absolute atomic E-state index is 10.9. The molecule has 0 aliphatic heterocycles. The number of aliphatic carboxylic acids is 2. The molecular formula is C62H124CaN2O4. The van der Waals surface area contributed by atoms with Gasteiger partial charge in [0.2, 0.25) is 0 Å². The Bertz CT molecular complexity index is 823. The van der Waals surface area contributed by atoms with Crippen LogP contribution in [0, 0.1) is 0 Å². The molecule has 0 spiro atoms. The van der Waals surface area contributed by atoms with Gasteiger partial charge in [-0.25, -0.2) is 0 Å². The van der Waals surface area contributed by atoms with Crippen molar-refractivity contribution in [2.45, 2.75) is 349 Å². The van der Waals surface area contributed by atoms with E-state index in [0.717, 1.165) is 26.2 Å². The predicted octanol–water partition coefficient (Wildman–Crippen LogP) is 17.3. The van der Waals surface area contributed by atoms with Gasteiger partial charge in [-0.15, -0.1) is 0 Å². The Morgan fingerprint density at radius 2 is 0.362 bits per heavy atom. The second-order valence-corrected chi connectivity index (χ2v) is 21.5. The molecule has 6 nitrogen and oxygen atoms in total. The number of hydrogen-bond donors (Lipinski definition) is 0. The Morgan fingerprint density at radius 3 is 0.493 bits per heavy atom. The molecule has 0 heterocycles. The number of nitrogens with zero attached hydrogens (tertiary/aromatic N) is 2. The summed E-state index contributed by atoms with van der Waals surface area (Å²) in [7, 11) is 0. The van der Waals surface area contributed by atoms with Crippen LogP contribution in [-0.4, -0.2) is 98.7 Å². The molecule has 0 saturated heterocycles. The maximum atomic E-state index is 10.9. The van der Waals surface area contributed by atoms with Crippen molar-refractivity contribution in [3.8, 4) is 0 Å². The van der Waals surface area contributed by atoms with E-state index in [9.17, 15) is 19.8 Å². The SMILES string of the molecule is CCCCCCCCCCCCCCN(CCCCCCCCCCCCCC)CCC(=O)[O-].CCCCCCCCCCCCCCN(CCCCCCCCCCCCCC)CCC(=O)[O-].[Ca+2]. The summed E-state index contributed by atoms with van der Waals surface area (Å²) in [5.41, 5.74) is 0. The van der Waals surface area contributed by atoms with Gasteiger partial charge in [-0.3, -0.25) is 0 Å². The van der Waals surface area contributed by atoms with Crippen molar-refractivity contribution in [1.82, 2.24) is 9.80 Å². The molecule has 0 rings (SSSR count). The van der Waals surface area contributed by atoms with Gasteiger partial charge in [0.25, 0.3) is 0 Å². The van der Waals surface area contributed by atoms with Crippen molar-refractivity contribution < 1.29 is 19.8 Å². The van der Waals surface area contributed by atoms with Crippen LogP contribution in [0.15, 0.2) is 0 Å². The van der Waals surface area contributed by atoms with Gasteiger partial charge in [0.1, 0.15) is 0 Å². The first-order chi connectivity index (χ1) is 33.4. The van der Waals surface area contributed by atoms with Crippen LogP contribution in [-0.2, 0) is 9.59 Å². The molecule has 7 heteroatoms. The summed E-state index contributed by atoms with van der Waals surface area (Å²) < 4.78 is 0. The normalized spacial score (nSPS) is 11.3. The maximum Gasteiger partial charge on any atom is 2.00 e. The van der Waals surface area contributed by atoms with Gasteiger partial charge in [-0.05, 0) is 64.7 Å². The van der Waals surface area contributed by atoms with Crippen LogP contribution in [0.1, 0.15) is 349 Å². The van der Waals surface area contributed by atoms with Gasteiger partial charge in [-0.1, -0.05) is 310 Å². The molecule has 0 amide bonds. The third-order valence-electron chi connectivity index (χ3n) is 14.6.